The Morgan fingerprint density at radius 2 is 1.04 bits per heavy atom. The summed E-state index contributed by atoms with van der Waals surface area (Å²) in [5.74, 6) is 0. The second-order valence-corrected chi connectivity index (χ2v) is 6.15. The van der Waals surface area contributed by atoms with E-state index < -0.39 is 0 Å². The van der Waals surface area contributed by atoms with Crippen LogP contribution < -0.4 is 0 Å². The molecule has 0 radical (unpaired) electrons. The number of para-hydroxylation sites is 2. The average molecular weight is 308 g/mol. The second-order valence-electron chi connectivity index (χ2n) is 6.15. The molecule has 0 aliphatic rings. The number of aromatic amines is 2. The summed E-state index contributed by atoms with van der Waals surface area (Å²) in [6.07, 6.45) is 0. The molecule has 2 N–H and O–H groups in total. The molecule has 0 unspecified atom stereocenters. The summed E-state index contributed by atoms with van der Waals surface area (Å²) >= 11 is 0. The third-order valence-electron chi connectivity index (χ3n) is 4.72. The van der Waals surface area contributed by atoms with Crippen LogP contribution in [-0.4, -0.2) is 19.9 Å². The minimum Gasteiger partial charge on any atom is -0.337 e. The Kier molecular flexibility index (Phi) is 2.07. The first-order valence-corrected chi connectivity index (χ1v) is 7.95. The largest absolute Gasteiger partial charge is 0.337 e. The second kappa shape index (κ2) is 4.11. The number of fused-ring (bicyclic) bond motifs is 7. The number of H-pyrrole nitrogens is 2. The Balaban J connectivity index is 1.81. The van der Waals surface area contributed by atoms with Crippen molar-refractivity contribution in [2.75, 3.05) is 0 Å². The lowest BCUT2D eigenvalue weighted by atomic mass is 10.1. The Morgan fingerprint density at radius 3 is 1.54 bits per heavy atom. The number of nitrogens with zero attached hydrogens (tertiary/aromatic N) is 2. The fourth-order valence-corrected chi connectivity index (χ4v) is 3.57. The van der Waals surface area contributed by atoms with E-state index in [1.165, 1.54) is 0 Å². The lowest BCUT2D eigenvalue weighted by Gasteiger charge is -1.98. The predicted molar refractivity (Wildman–Crippen MR) is 98.3 cm³/mol. The van der Waals surface area contributed by atoms with Crippen molar-refractivity contribution in [1.29, 1.82) is 0 Å². The van der Waals surface area contributed by atoms with Crippen LogP contribution >= 0.6 is 0 Å². The monoisotopic (exact) mass is 308 g/mol. The maximum atomic E-state index is 4.76. The van der Waals surface area contributed by atoms with Gasteiger partial charge >= 0.3 is 0 Å². The van der Waals surface area contributed by atoms with E-state index in [9.17, 15) is 0 Å². The van der Waals surface area contributed by atoms with Crippen LogP contribution in [0, 0.1) is 0 Å². The van der Waals surface area contributed by atoms with Crippen LogP contribution in [0.1, 0.15) is 0 Å². The van der Waals surface area contributed by atoms with Crippen LogP contribution in [0.3, 0.4) is 0 Å². The molecule has 0 aliphatic carbocycles. The van der Waals surface area contributed by atoms with Gasteiger partial charge in [0, 0.05) is 21.5 Å². The summed E-state index contributed by atoms with van der Waals surface area (Å²) < 4.78 is 0. The van der Waals surface area contributed by atoms with Gasteiger partial charge in [-0.3, -0.25) is 0 Å². The summed E-state index contributed by atoms with van der Waals surface area (Å²) in [5.41, 5.74) is 5.96. The molecule has 0 spiro atoms. The number of nitrogens with one attached hydrogen (secondary N) is 2. The summed E-state index contributed by atoms with van der Waals surface area (Å²) in [6.45, 7) is 0. The highest BCUT2D eigenvalue weighted by Gasteiger charge is 2.14. The van der Waals surface area contributed by atoms with Crippen LogP contribution in [0.5, 0.6) is 0 Å². The number of rotatable bonds is 0. The molecule has 4 heterocycles. The molecule has 0 saturated heterocycles. The molecule has 0 saturated carbocycles. The van der Waals surface area contributed by atoms with Crippen LogP contribution in [0.4, 0.5) is 0 Å². The van der Waals surface area contributed by atoms with Gasteiger partial charge in [-0.1, -0.05) is 36.4 Å². The Bertz CT molecular complexity index is 1300. The number of hydrogen-bond donors (Lipinski definition) is 2. The molecular formula is C20H12N4. The summed E-state index contributed by atoms with van der Waals surface area (Å²) in [6, 6.07) is 20.7. The first-order valence-electron chi connectivity index (χ1n) is 7.95. The van der Waals surface area contributed by atoms with Crippen LogP contribution in [0.15, 0.2) is 60.7 Å². The van der Waals surface area contributed by atoms with Crippen molar-refractivity contribution in [3.8, 4) is 0 Å². The number of benzene rings is 2. The smallest absolute Gasteiger partial charge is 0.140 e. The summed E-state index contributed by atoms with van der Waals surface area (Å²) in [5, 5.41) is 4.49. The minimum atomic E-state index is 0.907. The Morgan fingerprint density at radius 1 is 0.583 bits per heavy atom. The Labute approximate surface area is 136 Å². The van der Waals surface area contributed by atoms with E-state index in [4.69, 9.17) is 9.97 Å². The van der Waals surface area contributed by atoms with Crippen LogP contribution in [0.2, 0.25) is 0 Å². The predicted octanol–water partition coefficient (Wildman–Crippen LogP) is 4.90. The molecular weight excluding hydrogens is 296 g/mol. The highest BCUT2D eigenvalue weighted by atomic mass is 14.9. The molecule has 6 rings (SSSR count). The zero-order valence-corrected chi connectivity index (χ0v) is 12.7. The van der Waals surface area contributed by atoms with Gasteiger partial charge in [-0.2, -0.15) is 0 Å². The third-order valence-corrected chi connectivity index (χ3v) is 4.72. The average Bonchev–Trinajstić information content (AvgIpc) is 3.13. The van der Waals surface area contributed by atoms with E-state index in [2.05, 4.69) is 34.2 Å². The van der Waals surface area contributed by atoms with Gasteiger partial charge in [-0.05, 0) is 24.3 Å². The molecule has 4 nitrogen and oxygen atoms in total. The van der Waals surface area contributed by atoms with E-state index in [1.807, 2.05) is 36.4 Å². The van der Waals surface area contributed by atoms with Crippen molar-refractivity contribution in [2.24, 2.45) is 0 Å². The van der Waals surface area contributed by atoms with Gasteiger partial charge in [0.2, 0.25) is 0 Å². The molecule has 24 heavy (non-hydrogen) atoms. The van der Waals surface area contributed by atoms with Gasteiger partial charge in [-0.15, -0.1) is 0 Å². The lowest BCUT2D eigenvalue weighted by molar-refractivity contribution is 1.40. The van der Waals surface area contributed by atoms with Crippen molar-refractivity contribution in [2.45, 2.75) is 0 Å². The first kappa shape index (κ1) is 12.1. The molecule has 2 aromatic carbocycles. The molecule has 6 aromatic rings. The standard InChI is InChI=1S/C20H12N4/c1-3-7-15-11(5-1)9-13-17-18(24-19(13)21-15)14-10-12-6-2-4-8-16(12)22-20(14)23-17/h1-10H,(H,21,24)(H,22,23). The molecule has 0 atom stereocenters. The van der Waals surface area contributed by atoms with E-state index >= 15 is 0 Å². The van der Waals surface area contributed by atoms with E-state index in [1.54, 1.807) is 0 Å². The first-order chi connectivity index (χ1) is 11.9. The number of hydrogen-bond acceptors (Lipinski definition) is 2. The van der Waals surface area contributed by atoms with Crippen molar-refractivity contribution in [3.05, 3.63) is 60.7 Å². The SMILES string of the molecule is c1ccc2nc3[nH]c4c5cc6ccccc6nc5[nH]c4c3cc2c1. The molecule has 112 valence electrons. The zero-order chi connectivity index (χ0) is 15.7. The van der Waals surface area contributed by atoms with Gasteiger partial charge in [0.05, 0.1) is 22.1 Å². The zero-order valence-electron chi connectivity index (χ0n) is 12.7. The highest BCUT2D eigenvalue weighted by Crippen LogP contribution is 2.32. The molecule has 4 aromatic heterocycles. The number of aromatic nitrogens is 4. The normalized spacial score (nSPS) is 12.2. The van der Waals surface area contributed by atoms with Crippen molar-refractivity contribution in [1.82, 2.24) is 19.9 Å². The quantitative estimate of drug-likeness (QED) is 0.419. The van der Waals surface area contributed by atoms with E-state index in [-0.39, 0.29) is 0 Å². The van der Waals surface area contributed by atoms with Gasteiger partial charge < -0.3 is 9.97 Å². The fraction of sp³-hybridized carbons (Fsp3) is 0. The lowest BCUT2D eigenvalue weighted by Crippen LogP contribution is -1.82. The molecule has 0 fully saturated rings. The summed E-state index contributed by atoms with van der Waals surface area (Å²) in [7, 11) is 0. The van der Waals surface area contributed by atoms with Crippen LogP contribution in [0.25, 0.3) is 54.9 Å². The molecule has 0 aliphatic heterocycles. The molecule has 4 heteroatoms. The van der Waals surface area contributed by atoms with Gasteiger partial charge in [0.15, 0.2) is 0 Å². The maximum absolute atomic E-state index is 4.76. The maximum Gasteiger partial charge on any atom is 0.140 e. The number of pyridine rings is 2. The van der Waals surface area contributed by atoms with Gasteiger partial charge in [0.1, 0.15) is 11.3 Å². The topological polar surface area (TPSA) is 57.4 Å². The van der Waals surface area contributed by atoms with E-state index in [0.29, 0.717) is 0 Å². The summed E-state index contributed by atoms with van der Waals surface area (Å²) in [4.78, 5) is 16.5. The van der Waals surface area contributed by atoms with Gasteiger partial charge in [-0.25, -0.2) is 9.97 Å². The van der Waals surface area contributed by atoms with E-state index in [0.717, 1.165) is 54.9 Å². The highest BCUT2D eigenvalue weighted by molar-refractivity contribution is 6.18. The Hall–Kier alpha value is -3.40. The molecule has 0 bridgehead atoms. The van der Waals surface area contributed by atoms with Crippen molar-refractivity contribution >= 4 is 54.9 Å². The van der Waals surface area contributed by atoms with Crippen molar-refractivity contribution < 1.29 is 0 Å². The van der Waals surface area contributed by atoms with Gasteiger partial charge in [0.25, 0.3) is 0 Å². The van der Waals surface area contributed by atoms with Crippen LogP contribution in [-0.2, 0) is 0 Å². The third kappa shape index (κ3) is 1.47. The molecule has 0 amide bonds. The van der Waals surface area contributed by atoms with Crippen molar-refractivity contribution in [3.63, 3.8) is 0 Å². The fourth-order valence-electron chi connectivity index (χ4n) is 3.57. The minimum absolute atomic E-state index is 0.907.